The summed E-state index contributed by atoms with van der Waals surface area (Å²) in [5.41, 5.74) is 1.04. The Morgan fingerprint density at radius 3 is 2.38 bits per heavy atom. The topological polar surface area (TPSA) is 77.5 Å². The molecule has 0 atom stereocenters. The third kappa shape index (κ3) is 4.24. The normalized spacial score (nSPS) is 10.0. The molecule has 3 aromatic rings. The number of hydrogen-bond donors (Lipinski definition) is 1. The molecule has 3 rings (SSSR count). The van der Waals surface area contributed by atoms with Gasteiger partial charge >= 0.3 is 5.97 Å². The number of amides is 1. The Balaban J connectivity index is 1.69. The van der Waals surface area contributed by atoms with Crippen molar-refractivity contribution in [1.82, 2.24) is 4.98 Å². The maximum atomic E-state index is 12.3. The summed E-state index contributed by atoms with van der Waals surface area (Å²) in [6.45, 7) is 0. The Morgan fingerprint density at radius 1 is 0.923 bits per heavy atom. The van der Waals surface area contributed by atoms with Crippen molar-refractivity contribution in [2.45, 2.75) is 0 Å². The minimum Gasteiger partial charge on any atom is -0.465 e. The second-order valence-electron chi connectivity index (χ2n) is 5.32. The second-order valence-corrected chi connectivity index (χ2v) is 5.32. The molecule has 1 heterocycles. The third-order valence-corrected chi connectivity index (χ3v) is 3.49. The van der Waals surface area contributed by atoms with Crippen molar-refractivity contribution in [2.24, 2.45) is 0 Å². The van der Waals surface area contributed by atoms with Crippen LogP contribution in [0.2, 0.25) is 0 Å². The van der Waals surface area contributed by atoms with Crippen molar-refractivity contribution in [3.63, 3.8) is 0 Å². The van der Waals surface area contributed by atoms with Gasteiger partial charge in [-0.05, 0) is 36.4 Å². The summed E-state index contributed by atoms with van der Waals surface area (Å²) in [6, 6.07) is 19.3. The highest BCUT2D eigenvalue weighted by molar-refractivity contribution is 6.03. The van der Waals surface area contributed by atoms with E-state index in [1.54, 1.807) is 24.3 Å². The zero-order valence-corrected chi connectivity index (χ0v) is 14.0. The van der Waals surface area contributed by atoms with Crippen molar-refractivity contribution in [1.29, 1.82) is 0 Å². The molecule has 0 aliphatic carbocycles. The average molecular weight is 348 g/mol. The molecule has 0 radical (unpaired) electrons. The number of carbonyl (C=O) groups is 2. The van der Waals surface area contributed by atoms with Gasteiger partial charge in [0.05, 0.1) is 12.7 Å². The Kier molecular flexibility index (Phi) is 5.24. The molecule has 1 amide bonds. The number of para-hydroxylation sites is 1. The number of nitrogens with one attached hydrogen (secondary N) is 1. The predicted octanol–water partition coefficient (Wildman–Crippen LogP) is 3.91. The number of aromatic nitrogens is 1. The molecule has 6 nitrogen and oxygen atoms in total. The number of methoxy groups -OCH3 is 1. The van der Waals surface area contributed by atoms with E-state index >= 15 is 0 Å². The lowest BCUT2D eigenvalue weighted by Gasteiger charge is -2.09. The Hall–Kier alpha value is -3.67. The maximum Gasteiger partial charge on any atom is 0.339 e. The van der Waals surface area contributed by atoms with Crippen molar-refractivity contribution >= 4 is 17.6 Å². The number of hydrogen-bond acceptors (Lipinski definition) is 5. The summed E-state index contributed by atoms with van der Waals surface area (Å²) < 4.78 is 10.3. The highest BCUT2D eigenvalue weighted by Gasteiger charge is 2.11. The van der Waals surface area contributed by atoms with Crippen molar-refractivity contribution in [3.05, 3.63) is 84.2 Å². The second kappa shape index (κ2) is 7.94. The molecule has 26 heavy (non-hydrogen) atoms. The summed E-state index contributed by atoms with van der Waals surface area (Å²) >= 11 is 0. The number of esters is 1. The number of anilines is 1. The van der Waals surface area contributed by atoms with E-state index in [9.17, 15) is 9.59 Å². The molecule has 0 aliphatic rings. The molecule has 130 valence electrons. The largest absolute Gasteiger partial charge is 0.465 e. The minimum absolute atomic E-state index is 0.187. The number of nitrogens with zero attached hydrogens (tertiary/aromatic N) is 1. The van der Waals surface area contributed by atoms with Gasteiger partial charge in [0, 0.05) is 18.0 Å². The summed E-state index contributed by atoms with van der Waals surface area (Å²) in [4.78, 5) is 27.7. The van der Waals surface area contributed by atoms with Crippen LogP contribution in [0.25, 0.3) is 0 Å². The number of benzene rings is 2. The fourth-order valence-electron chi connectivity index (χ4n) is 2.22. The molecule has 0 bridgehead atoms. The highest BCUT2D eigenvalue weighted by atomic mass is 16.5. The molecular weight excluding hydrogens is 332 g/mol. The summed E-state index contributed by atoms with van der Waals surface area (Å²) in [5, 5.41) is 2.75. The summed E-state index contributed by atoms with van der Waals surface area (Å²) in [6.07, 6.45) is 1.30. The van der Waals surface area contributed by atoms with E-state index < -0.39 is 11.9 Å². The van der Waals surface area contributed by atoms with Crippen molar-refractivity contribution in [2.75, 3.05) is 12.4 Å². The van der Waals surface area contributed by atoms with E-state index in [1.165, 1.54) is 25.4 Å². The first-order chi connectivity index (χ1) is 12.7. The number of carbonyl (C=O) groups excluding carboxylic acids is 2. The maximum absolute atomic E-state index is 12.3. The summed E-state index contributed by atoms with van der Waals surface area (Å²) in [7, 11) is 1.29. The average Bonchev–Trinajstić information content (AvgIpc) is 2.68. The van der Waals surface area contributed by atoms with Crippen LogP contribution in [0.4, 0.5) is 5.69 Å². The van der Waals surface area contributed by atoms with E-state index in [-0.39, 0.29) is 11.3 Å². The Morgan fingerprint density at radius 2 is 1.69 bits per heavy atom. The van der Waals surface area contributed by atoms with Crippen LogP contribution in [-0.4, -0.2) is 24.0 Å². The van der Waals surface area contributed by atoms with E-state index in [4.69, 9.17) is 4.74 Å². The van der Waals surface area contributed by atoms with Gasteiger partial charge in [0.2, 0.25) is 0 Å². The first kappa shape index (κ1) is 17.2. The van der Waals surface area contributed by atoms with Gasteiger partial charge in [0.25, 0.3) is 5.91 Å². The van der Waals surface area contributed by atoms with Gasteiger partial charge in [-0.3, -0.25) is 9.78 Å². The van der Waals surface area contributed by atoms with Crippen molar-refractivity contribution < 1.29 is 19.1 Å². The quantitative estimate of drug-likeness (QED) is 0.707. The first-order valence-electron chi connectivity index (χ1n) is 7.84. The molecule has 0 unspecified atom stereocenters. The molecule has 6 heteroatoms. The zero-order chi connectivity index (χ0) is 18.4. The minimum atomic E-state index is -0.504. The van der Waals surface area contributed by atoms with Crippen LogP contribution in [0.1, 0.15) is 20.8 Å². The predicted molar refractivity (Wildman–Crippen MR) is 96.5 cm³/mol. The van der Waals surface area contributed by atoms with E-state index in [2.05, 4.69) is 15.0 Å². The molecular formula is C20H16N2O4. The Labute approximate surface area is 150 Å². The number of rotatable bonds is 5. The molecule has 0 saturated carbocycles. The van der Waals surface area contributed by atoms with Gasteiger partial charge in [-0.25, -0.2) is 4.79 Å². The van der Waals surface area contributed by atoms with Crippen LogP contribution in [-0.2, 0) is 4.74 Å². The van der Waals surface area contributed by atoms with E-state index in [1.807, 2.05) is 30.3 Å². The van der Waals surface area contributed by atoms with Gasteiger partial charge in [-0.1, -0.05) is 24.3 Å². The van der Waals surface area contributed by atoms with Crippen molar-refractivity contribution in [3.8, 4) is 11.5 Å². The first-order valence-corrected chi connectivity index (χ1v) is 7.84. The fraction of sp³-hybridized carbons (Fsp3) is 0.0500. The summed E-state index contributed by atoms with van der Waals surface area (Å²) in [5.74, 6) is 0.410. The lowest BCUT2D eigenvalue weighted by Crippen LogP contribution is -2.14. The molecule has 1 aromatic heterocycles. The molecule has 0 saturated heterocycles. The standard InChI is InChI=1S/C20H16N2O4/c1-25-20(24)14-10-11-18(21-13-14)19(23)22-15-6-5-9-17(12-15)26-16-7-3-2-4-8-16/h2-13H,1H3,(H,22,23). The van der Waals surface area contributed by atoms with Crippen LogP contribution < -0.4 is 10.1 Å². The van der Waals surface area contributed by atoms with Gasteiger partial charge < -0.3 is 14.8 Å². The molecule has 0 aliphatic heterocycles. The lowest BCUT2D eigenvalue weighted by atomic mass is 10.2. The monoisotopic (exact) mass is 348 g/mol. The van der Waals surface area contributed by atoms with Crippen LogP contribution in [0.3, 0.4) is 0 Å². The van der Waals surface area contributed by atoms with Crippen LogP contribution in [0.15, 0.2) is 72.9 Å². The van der Waals surface area contributed by atoms with Crippen LogP contribution >= 0.6 is 0 Å². The molecule has 0 spiro atoms. The highest BCUT2D eigenvalue weighted by Crippen LogP contribution is 2.24. The van der Waals surface area contributed by atoms with Gasteiger partial charge in [-0.15, -0.1) is 0 Å². The SMILES string of the molecule is COC(=O)c1ccc(C(=O)Nc2cccc(Oc3ccccc3)c2)nc1. The molecule has 2 aromatic carbocycles. The number of pyridine rings is 1. The lowest BCUT2D eigenvalue weighted by molar-refractivity contribution is 0.0600. The Bertz CT molecular complexity index is 909. The molecule has 0 fully saturated rings. The van der Waals surface area contributed by atoms with Crippen LogP contribution in [0, 0.1) is 0 Å². The third-order valence-electron chi connectivity index (χ3n) is 3.49. The van der Waals surface area contributed by atoms with E-state index in [0.717, 1.165) is 0 Å². The molecule has 1 N–H and O–H groups in total. The van der Waals surface area contributed by atoms with Gasteiger partial charge in [0.15, 0.2) is 0 Å². The van der Waals surface area contributed by atoms with Crippen LogP contribution in [0.5, 0.6) is 11.5 Å². The van der Waals surface area contributed by atoms with Gasteiger partial charge in [-0.2, -0.15) is 0 Å². The zero-order valence-electron chi connectivity index (χ0n) is 14.0. The number of ether oxygens (including phenoxy) is 2. The smallest absolute Gasteiger partial charge is 0.339 e. The van der Waals surface area contributed by atoms with E-state index in [0.29, 0.717) is 17.2 Å². The fourth-order valence-corrected chi connectivity index (χ4v) is 2.22. The van der Waals surface area contributed by atoms with Gasteiger partial charge in [0.1, 0.15) is 17.2 Å².